The lowest BCUT2D eigenvalue weighted by Crippen LogP contribution is -1.98. The lowest BCUT2D eigenvalue weighted by Gasteiger charge is -2.03. The molecule has 0 unspecified atom stereocenters. The Morgan fingerprint density at radius 1 is 1.20 bits per heavy atom. The Labute approximate surface area is 116 Å². The van der Waals surface area contributed by atoms with Crippen molar-refractivity contribution in [1.82, 2.24) is 14.6 Å². The number of hydrogen-bond acceptors (Lipinski definition) is 3. The molecular weight excluding hydrogens is 255 g/mol. The Kier molecular flexibility index (Phi) is 2.89. The number of fused-ring (bicyclic) bond motifs is 1. The lowest BCUT2D eigenvalue weighted by atomic mass is 10.1. The van der Waals surface area contributed by atoms with E-state index in [4.69, 9.17) is 5.73 Å². The van der Waals surface area contributed by atoms with Gasteiger partial charge >= 0.3 is 0 Å². The largest absolute Gasteiger partial charge is 0.382 e. The van der Waals surface area contributed by atoms with E-state index in [0.29, 0.717) is 12.2 Å². The summed E-state index contributed by atoms with van der Waals surface area (Å²) in [5, 5.41) is 4.33. The van der Waals surface area contributed by atoms with Crippen LogP contribution < -0.4 is 5.73 Å². The van der Waals surface area contributed by atoms with Crippen molar-refractivity contribution in [3.63, 3.8) is 0 Å². The maximum atomic E-state index is 13.0. The Bertz CT molecular complexity index is 775. The molecule has 3 aromatic rings. The molecule has 4 nitrogen and oxygen atoms in total. The van der Waals surface area contributed by atoms with E-state index in [1.165, 1.54) is 12.1 Å². The van der Waals surface area contributed by atoms with Crippen LogP contribution in [0.25, 0.3) is 5.65 Å². The molecule has 2 N–H and O–H groups in total. The molecule has 0 aliphatic rings. The van der Waals surface area contributed by atoms with Gasteiger partial charge < -0.3 is 5.73 Å². The van der Waals surface area contributed by atoms with Crippen molar-refractivity contribution < 1.29 is 4.39 Å². The fourth-order valence-corrected chi connectivity index (χ4v) is 2.36. The summed E-state index contributed by atoms with van der Waals surface area (Å²) in [6, 6.07) is 8.35. The number of nitrogens with two attached hydrogens (primary N) is 1. The van der Waals surface area contributed by atoms with Gasteiger partial charge in [-0.2, -0.15) is 0 Å². The SMILES string of the molecule is Cc1cc(C)n2nc(N)c(Cc3ccc(F)cc3)c2n1. The van der Waals surface area contributed by atoms with Crippen LogP contribution in [0.15, 0.2) is 30.3 Å². The van der Waals surface area contributed by atoms with E-state index in [2.05, 4.69) is 10.1 Å². The molecule has 2 heterocycles. The predicted molar refractivity (Wildman–Crippen MR) is 76.1 cm³/mol. The number of benzene rings is 1. The molecule has 3 rings (SSSR count). The summed E-state index contributed by atoms with van der Waals surface area (Å²) in [7, 11) is 0. The maximum Gasteiger partial charge on any atom is 0.161 e. The minimum atomic E-state index is -0.244. The molecule has 0 bridgehead atoms. The molecule has 0 amide bonds. The summed E-state index contributed by atoms with van der Waals surface area (Å²) in [6.45, 7) is 3.91. The summed E-state index contributed by atoms with van der Waals surface area (Å²) < 4.78 is 14.7. The highest BCUT2D eigenvalue weighted by Crippen LogP contribution is 2.21. The zero-order valence-electron chi connectivity index (χ0n) is 11.4. The molecule has 0 saturated heterocycles. The molecule has 0 saturated carbocycles. The van der Waals surface area contributed by atoms with Crippen LogP contribution in [0.4, 0.5) is 10.2 Å². The first-order valence-corrected chi connectivity index (χ1v) is 6.40. The van der Waals surface area contributed by atoms with Gasteiger partial charge in [0.1, 0.15) is 5.82 Å². The number of nitrogen functional groups attached to an aromatic ring is 1. The van der Waals surface area contributed by atoms with Crippen molar-refractivity contribution in [2.75, 3.05) is 5.73 Å². The van der Waals surface area contributed by atoms with Crippen molar-refractivity contribution in [3.05, 3.63) is 58.7 Å². The topological polar surface area (TPSA) is 56.2 Å². The van der Waals surface area contributed by atoms with E-state index in [-0.39, 0.29) is 5.82 Å². The fourth-order valence-electron chi connectivity index (χ4n) is 2.36. The summed E-state index contributed by atoms with van der Waals surface area (Å²) >= 11 is 0. The second-order valence-corrected chi connectivity index (χ2v) is 4.94. The molecule has 0 aliphatic heterocycles. The maximum absolute atomic E-state index is 13.0. The summed E-state index contributed by atoms with van der Waals surface area (Å²) in [5.41, 5.74) is 10.5. The highest BCUT2D eigenvalue weighted by molar-refractivity contribution is 5.61. The van der Waals surface area contributed by atoms with Crippen molar-refractivity contribution >= 4 is 11.5 Å². The third kappa shape index (κ3) is 2.11. The molecule has 0 atom stereocenters. The monoisotopic (exact) mass is 270 g/mol. The lowest BCUT2D eigenvalue weighted by molar-refractivity contribution is 0.627. The van der Waals surface area contributed by atoms with E-state index in [9.17, 15) is 4.39 Å². The van der Waals surface area contributed by atoms with Crippen molar-refractivity contribution in [3.8, 4) is 0 Å². The molecular formula is C15H15FN4. The summed E-state index contributed by atoms with van der Waals surface area (Å²) in [5.74, 6) is 0.224. The third-order valence-electron chi connectivity index (χ3n) is 3.32. The third-order valence-corrected chi connectivity index (χ3v) is 3.32. The van der Waals surface area contributed by atoms with Gasteiger partial charge in [0.2, 0.25) is 0 Å². The standard InChI is InChI=1S/C15H15FN4/c1-9-7-10(2)20-15(18-9)13(14(17)19-20)8-11-3-5-12(16)6-4-11/h3-7H,8H2,1-2H3,(H2,17,19). The number of rotatable bonds is 2. The first kappa shape index (κ1) is 12.6. The van der Waals surface area contributed by atoms with Gasteiger partial charge in [0.25, 0.3) is 0 Å². The van der Waals surface area contributed by atoms with Crippen LogP contribution in [0.1, 0.15) is 22.5 Å². The smallest absolute Gasteiger partial charge is 0.161 e. The van der Waals surface area contributed by atoms with Crippen molar-refractivity contribution in [2.24, 2.45) is 0 Å². The molecule has 0 spiro atoms. The van der Waals surface area contributed by atoms with Gasteiger partial charge in [-0.05, 0) is 37.6 Å². The Balaban J connectivity index is 2.11. The van der Waals surface area contributed by atoms with Crippen LogP contribution >= 0.6 is 0 Å². The van der Waals surface area contributed by atoms with Gasteiger partial charge in [0.05, 0.1) is 0 Å². The molecule has 20 heavy (non-hydrogen) atoms. The van der Waals surface area contributed by atoms with Crippen molar-refractivity contribution in [1.29, 1.82) is 0 Å². The summed E-state index contributed by atoms with van der Waals surface area (Å²) in [4.78, 5) is 4.52. The second-order valence-electron chi connectivity index (χ2n) is 4.94. The van der Waals surface area contributed by atoms with E-state index < -0.39 is 0 Å². The van der Waals surface area contributed by atoms with Crippen LogP contribution in [0.5, 0.6) is 0 Å². The Morgan fingerprint density at radius 2 is 1.90 bits per heavy atom. The van der Waals surface area contributed by atoms with Crippen LogP contribution in [0.3, 0.4) is 0 Å². The highest BCUT2D eigenvalue weighted by Gasteiger charge is 2.14. The van der Waals surface area contributed by atoms with Crippen LogP contribution in [0.2, 0.25) is 0 Å². The minimum Gasteiger partial charge on any atom is -0.382 e. The predicted octanol–water partition coefficient (Wildman–Crippen LogP) is 2.66. The molecule has 5 heteroatoms. The number of nitrogens with zero attached hydrogens (tertiary/aromatic N) is 3. The number of aryl methyl sites for hydroxylation is 2. The molecule has 0 radical (unpaired) electrons. The molecule has 2 aromatic heterocycles. The van der Waals surface area contributed by atoms with E-state index in [1.54, 1.807) is 16.6 Å². The van der Waals surface area contributed by atoms with Gasteiger partial charge in [-0.15, -0.1) is 5.10 Å². The van der Waals surface area contributed by atoms with Crippen LogP contribution in [0, 0.1) is 19.7 Å². The summed E-state index contributed by atoms with van der Waals surface area (Å²) in [6.07, 6.45) is 0.589. The van der Waals surface area contributed by atoms with Gasteiger partial charge in [-0.1, -0.05) is 12.1 Å². The van der Waals surface area contributed by atoms with E-state index >= 15 is 0 Å². The zero-order valence-corrected chi connectivity index (χ0v) is 11.4. The van der Waals surface area contributed by atoms with Crippen molar-refractivity contribution in [2.45, 2.75) is 20.3 Å². The van der Waals surface area contributed by atoms with E-state index in [1.807, 2.05) is 19.9 Å². The average Bonchev–Trinajstić information content (AvgIpc) is 2.70. The van der Waals surface area contributed by atoms with Crippen LogP contribution in [-0.4, -0.2) is 14.6 Å². The van der Waals surface area contributed by atoms with Gasteiger partial charge in [0.15, 0.2) is 11.5 Å². The second kappa shape index (κ2) is 4.59. The van der Waals surface area contributed by atoms with Gasteiger partial charge in [0, 0.05) is 23.4 Å². The molecule has 0 fully saturated rings. The normalized spacial score (nSPS) is 11.2. The number of halogens is 1. The quantitative estimate of drug-likeness (QED) is 0.779. The average molecular weight is 270 g/mol. The fraction of sp³-hybridized carbons (Fsp3) is 0.200. The van der Waals surface area contributed by atoms with E-state index in [0.717, 1.165) is 28.2 Å². The number of aromatic nitrogens is 3. The van der Waals surface area contributed by atoms with Crippen LogP contribution in [-0.2, 0) is 6.42 Å². The number of anilines is 1. The first-order valence-electron chi connectivity index (χ1n) is 6.40. The highest BCUT2D eigenvalue weighted by atomic mass is 19.1. The minimum absolute atomic E-state index is 0.244. The van der Waals surface area contributed by atoms with Gasteiger partial charge in [-0.3, -0.25) is 0 Å². The Morgan fingerprint density at radius 3 is 2.60 bits per heavy atom. The molecule has 1 aromatic carbocycles. The molecule has 102 valence electrons. The first-order chi connectivity index (χ1) is 9.54. The Hall–Kier alpha value is -2.43. The zero-order chi connectivity index (χ0) is 14.3. The molecule has 0 aliphatic carbocycles. The van der Waals surface area contributed by atoms with Gasteiger partial charge in [-0.25, -0.2) is 13.9 Å². The number of hydrogen-bond donors (Lipinski definition) is 1.